The first-order valence-corrected chi connectivity index (χ1v) is 11.7. The van der Waals surface area contributed by atoms with E-state index < -0.39 is 0 Å². The van der Waals surface area contributed by atoms with Gasteiger partial charge in [-0.05, 0) is 31.9 Å². The van der Waals surface area contributed by atoms with Gasteiger partial charge in [0.05, 0.1) is 18.1 Å². The van der Waals surface area contributed by atoms with Gasteiger partial charge in [0.25, 0.3) is 0 Å². The standard InChI is InChI=1S/C20H32N6OS/c1-4-8-15(9-5-2)19(27)21-10-13-26-18-16(14-22-26)17(23-20(24-18)28-3)25-11-6-7-12-25/h14-15H,4-13H2,1-3H3,(H,21,27). The van der Waals surface area contributed by atoms with Crippen molar-refractivity contribution < 1.29 is 4.79 Å². The van der Waals surface area contributed by atoms with E-state index in [9.17, 15) is 4.79 Å². The zero-order valence-corrected chi connectivity index (χ0v) is 18.1. The molecule has 3 rings (SSSR count). The Bertz CT molecular complexity index is 780. The van der Waals surface area contributed by atoms with E-state index >= 15 is 0 Å². The maximum Gasteiger partial charge on any atom is 0.223 e. The normalized spacial score (nSPS) is 14.4. The van der Waals surface area contributed by atoms with Crippen molar-refractivity contribution in [3.63, 3.8) is 0 Å². The van der Waals surface area contributed by atoms with Crippen molar-refractivity contribution >= 4 is 34.5 Å². The van der Waals surface area contributed by atoms with Crippen LogP contribution in [0.3, 0.4) is 0 Å². The van der Waals surface area contributed by atoms with E-state index in [1.165, 1.54) is 12.8 Å². The monoisotopic (exact) mass is 404 g/mol. The zero-order valence-electron chi connectivity index (χ0n) is 17.3. The van der Waals surface area contributed by atoms with Gasteiger partial charge in [-0.2, -0.15) is 5.10 Å². The lowest BCUT2D eigenvalue weighted by molar-refractivity contribution is -0.125. The highest BCUT2D eigenvalue weighted by Crippen LogP contribution is 2.28. The fraction of sp³-hybridized carbons (Fsp3) is 0.700. The SMILES string of the molecule is CCCC(CCC)C(=O)NCCn1ncc2c(N3CCCC3)nc(SC)nc21. The number of aromatic nitrogens is 4. The summed E-state index contributed by atoms with van der Waals surface area (Å²) in [6.07, 6.45) is 10.3. The molecule has 3 heterocycles. The van der Waals surface area contributed by atoms with E-state index in [1.54, 1.807) is 11.8 Å². The van der Waals surface area contributed by atoms with Gasteiger partial charge in [-0.3, -0.25) is 4.79 Å². The van der Waals surface area contributed by atoms with E-state index in [0.717, 1.165) is 60.8 Å². The number of nitrogens with one attached hydrogen (secondary N) is 1. The van der Waals surface area contributed by atoms with Crippen molar-refractivity contribution in [3.05, 3.63) is 6.20 Å². The van der Waals surface area contributed by atoms with Gasteiger partial charge in [0, 0.05) is 25.6 Å². The first-order chi connectivity index (χ1) is 13.7. The van der Waals surface area contributed by atoms with Crippen molar-refractivity contribution in [3.8, 4) is 0 Å². The Hall–Kier alpha value is -1.83. The highest BCUT2D eigenvalue weighted by molar-refractivity contribution is 7.98. The minimum Gasteiger partial charge on any atom is -0.356 e. The van der Waals surface area contributed by atoms with Gasteiger partial charge in [0.15, 0.2) is 10.8 Å². The number of hydrogen-bond acceptors (Lipinski definition) is 6. The number of fused-ring (bicyclic) bond motifs is 1. The van der Waals surface area contributed by atoms with Gasteiger partial charge in [-0.1, -0.05) is 38.5 Å². The van der Waals surface area contributed by atoms with Crippen LogP contribution >= 0.6 is 11.8 Å². The Morgan fingerprint density at radius 1 is 1.21 bits per heavy atom. The number of carbonyl (C=O) groups excluding carboxylic acids is 1. The second-order valence-corrected chi connectivity index (χ2v) is 8.17. The number of hydrogen-bond donors (Lipinski definition) is 1. The Labute approximate surface area is 171 Å². The van der Waals surface area contributed by atoms with Crippen LogP contribution in [-0.2, 0) is 11.3 Å². The molecule has 2 aromatic heterocycles. The van der Waals surface area contributed by atoms with Crippen LogP contribution in [0, 0.1) is 5.92 Å². The summed E-state index contributed by atoms with van der Waals surface area (Å²) in [5.41, 5.74) is 0.856. The summed E-state index contributed by atoms with van der Waals surface area (Å²) in [5.74, 6) is 1.28. The van der Waals surface area contributed by atoms with Crippen molar-refractivity contribution in [2.75, 3.05) is 30.8 Å². The highest BCUT2D eigenvalue weighted by Gasteiger charge is 2.21. The quantitative estimate of drug-likeness (QED) is 0.483. The summed E-state index contributed by atoms with van der Waals surface area (Å²) < 4.78 is 1.89. The molecule has 1 fully saturated rings. The molecule has 0 unspecified atom stereocenters. The van der Waals surface area contributed by atoms with Crippen molar-refractivity contribution in [2.24, 2.45) is 5.92 Å². The Morgan fingerprint density at radius 3 is 2.57 bits per heavy atom. The molecule has 0 aromatic carbocycles. The third kappa shape index (κ3) is 4.77. The number of rotatable bonds is 10. The molecule has 1 aliphatic heterocycles. The fourth-order valence-electron chi connectivity index (χ4n) is 3.88. The molecule has 1 saturated heterocycles. The number of anilines is 1. The minimum absolute atomic E-state index is 0.122. The predicted octanol–water partition coefficient (Wildman–Crippen LogP) is 3.48. The number of nitrogens with zero attached hydrogens (tertiary/aromatic N) is 5. The molecular formula is C20H32N6OS. The highest BCUT2D eigenvalue weighted by atomic mass is 32.2. The average molecular weight is 405 g/mol. The predicted molar refractivity (Wildman–Crippen MR) is 115 cm³/mol. The zero-order chi connectivity index (χ0) is 19.9. The van der Waals surface area contributed by atoms with Gasteiger partial charge in [0.1, 0.15) is 5.82 Å². The molecule has 7 nitrogen and oxygen atoms in total. The van der Waals surface area contributed by atoms with Crippen LogP contribution < -0.4 is 10.2 Å². The average Bonchev–Trinajstić information content (AvgIpc) is 3.37. The Balaban J connectivity index is 1.71. The Morgan fingerprint density at radius 2 is 1.93 bits per heavy atom. The summed E-state index contributed by atoms with van der Waals surface area (Å²) >= 11 is 1.55. The van der Waals surface area contributed by atoms with E-state index in [2.05, 4.69) is 29.2 Å². The molecule has 0 saturated carbocycles. The summed E-state index contributed by atoms with van der Waals surface area (Å²) in [6.45, 7) is 7.52. The van der Waals surface area contributed by atoms with Gasteiger partial charge in [-0.25, -0.2) is 14.6 Å². The van der Waals surface area contributed by atoms with Crippen molar-refractivity contribution in [1.29, 1.82) is 0 Å². The Kier molecular flexibility index (Phi) is 7.53. The molecule has 8 heteroatoms. The van der Waals surface area contributed by atoms with Gasteiger partial charge in [-0.15, -0.1) is 0 Å². The van der Waals surface area contributed by atoms with E-state index in [4.69, 9.17) is 9.97 Å². The van der Waals surface area contributed by atoms with Crippen LogP contribution in [0.5, 0.6) is 0 Å². The van der Waals surface area contributed by atoms with Crippen molar-refractivity contribution in [1.82, 2.24) is 25.1 Å². The third-order valence-electron chi connectivity index (χ3n) is 5.31. The lowest BCUT2D eigenvalue weighted by Gasteiger charge is -2.18. The van der Waals surface area contributed by atoms with E-state index in [1.807, 2.05) is 17.1 Å². The number of amides is 1. The minimum atomic E-state index is 0.122. The second kappa shape index (κ2) is 10.1. The lowest BCUT2D eigenvalue weighted by Crippen LogP contribution is -2.33. The van der Waals surface area contributed by atoms with Gasteiger partial charge in [0.2, 0.25) is 5.91 Å². The van der Waals surface area contributed by atoms with Crippen LogP contribution in [0.25, 0.3) is 11.0 Å². The maximum absolute atomic E-state index is 12.5. The molecule has 28 heavy (non-hydrogen) atoms. The first-order valence-electron chi connectivity index (χ1n) is 10.5. The molecule has 0 aliphatic carbocycles. The topological polar surface area (TPSA) is 75.9 Å². The van der Waals surface area contributed by atoms with Crippen LogP contribution in [0.2, 0.25) is 0 Å². The number of carbonyl (C=O) groups is 1. The van der Waals surface area contributed by atoms with E-state index in [-0.39, 0.29) is 11.8 Å². The summed E-state index contributed by atoms with van der Waals surface area (Å²) in [4.78, 5) is 24.2. The van der Waals surface area contributed by atoms with Crippen LogP contribution in [0.15, 0.2) is 11.4 Å². The van der Waals surface area contributed by atoms with Crippen LogP contribution in [0.1, 0.15) is 52.4 Å². The molecule has 1 aliphatic rings. The molecule has 0 spiro atoms. The molecule has 0 radical (unpaired) electrons. The lowest BCUT2D eigenvalue weighted by atomic mass is 9.97. The molecular weight excluding hydrogens is 372 g/mol. The number of thioether (sulfide) groups is 1. The van der Waals surface area contributed by atoms with Gasteiger partial charge < -0.3 is 10.2 Å². The molecule has 1 amide bonds. The molecule has 0 atom stereocenters. The van der Waals surface area contributed by atoms with E-state index in [0.29, 0.717) is 13.1 Å². The largest absolute Gasteiger partial charge is 0.356 e. The fourth-order valence-corrected chi connectivity index (χ4v) is 4.23. The summed E-state index contributed by atoms with van der Waals surface area (Å²) in [7, 11) is 0. The van der Waals surface area contributed by atoms with Gasteiger partial charge >= 0.3 is 0 Å². The second-order valence-electron chi connectivity index (χ2n) is 7.40. The molecule has 0 bridgehead atoms. The molecule has 1 N–H and O–H groups in total. The maximum atomic E-state index is 12.5. The van der Waals surface area contributed by atoms with Crippen LogP contribution in [-0.4, -0.2) is 51.5 Å². The summed E-state index contributed by atoms with van der Waals surface area (Å²) in [5, 5.41) is 9.41. The molecule has 154 valence electrons. The summed E-state index contributed by atoms with van der Waals surface area (Å²) in [6, 6.07) is 0. The first kappa shape index (κ1) is 20.9. The third-order valence-corrected chi connectivity index (χ3v) is 5.86. The molecule has 2 aromatic rings. The van der Waals surface area contributed by atoms with Crippen LogP contribution in [0.4, 0.5) is 5.82 Å². The van der Waals surface area contributed by atoms with Crippen molar-refractivity contribution in [2.45, 2.75) is 64.1 Å². The smallest absolute Gasteiger partial charge is 0.223 e.